The van der Waals surface area contributed by atoms with Crippen molar-refractivity contribution in [3.63, 3.8) is 0 Å². The number of carbonyl (C=O) groups is 2. The summed E-state index contributed by atoms with van der Waals surface area (Å²) in [6.45, 7) is 10.8. The van der Waals surface area contributed by atoms with E-state index in [1.165, 1.54) is 7.11 Å². The van der Waals surface area contributed by atoms with E-state index >= 15 is 0 Å². The summed E-state index contributed by atoms with van der Waals surface area (Å²) >= 11 is 0. The lowest BCUT2D eigenvalue weighted by Gasteiger charge is -2.24. The van der Waals surface area contributed by atoms with Gasteiger partial charge in [0, 0.05) is 0 Å². The number of methoxy groups -OCH3 is 1. The standard InChI is InChI=1S/C15H24N2O5/c1-8(2)10(17-14(19)22-15(4,5)6)12-16-11(9(3)21-12)13(18)20-7/h8,10H,1-7H3,(H,17,19)/t10-/m0/s1. The molecule has 0 spiro atoms. The summed E-state index contributed by atoms with van der Waals surface area (Å²) in [5, 5.41) is 2.72. The van der Waals surface area contributed by atoms with E-state index in [1.807, 2.05) is 13.8 Å². The van der Waals surface area contributed by atoms with Gasteiger partial charge < -0.3 is 19.2 Å². The van der Waals surface area contributed by atoms with Gasteiger partial charge in [0.2, 0.25) is 5.89 Å². The molecule has 0 unspecified atom stereocenters. The summed E-state index contributed by atoms with van der Waals surface area (Å²) in [4.78, 5) is 27.7. The van der Waals surface area contributed by atoms with Crippen LogP contribution in [-0.4, -0.2) is 29.8 Å². The van der Waals surface area contributed by atoms with E-state index in [0.717, 1.165) is 0 Å². The Morgan fingerprint density at radius 1 is 1.27 bits per heavy atom. The molecular formula is C15H24N2O5. The molecule has 1 aromatic heterocycles. The van der Waals surface area contributed by atoms with Crippen LogP contribution < -0.4 is 5.32 Å². The van der Waals surface area contributed by atoms with Crippen LogP contribution in [0.1, 0.15) is 62.8 Å². The second-order valence-corrected chi connectivity index (χ2v) is 6.32. The molecule has 7 nitrogen and oxygen atoms in total. The summed E-state index contributed by atoms with van der Waals surface area (Å²) in [6, 6.07) is -0.507. The van der Waals surface area contributed by atoms with Crippen LogP contribution in [0.4, 0.5) is 4.79 Å². The summed E-state index contributed by atoms with van der Waals surface area (Å²) in [6.07, 6.45) is -0.568. The highest BCUT2D eigenvalue weighted by Gasteiger charge is 2.28. The van der Waals surface area contributed by atoms with Crippen molar-refractivity contribution < 1.29 is 23.5 Å². The molecule has 0 saturated carbocycles. The van der Waals surface area contributed by atoms with Gasteiger partial charge in [-0.2, -0.15) is 0 Å². The van der Waals surface area contributed by atoms with Crippen LogP contribution >= 0.6 is 0 Å². The van der Waals surface area contributed by atoms with Gasteiger partial charge in [0.15, 0.2) is 5.69 Å². The molecule has 7 heteroatoms. The lowest BCUT2D eigenvalue weighted by molar-refractivity contribution is 0.0478. The highest BCUT2D eigenvalue weighted by atomic mass is 16.6. The second-order valence-electron chi connectivity index (χ2n) is 6.32. The van der Waals surface area contributed by atoms with Gasteiger partial charge in [-0.3, -0.25) is 0 Å². The fourth-order valence-electron chi connectivity index (χ4n) is 1.78. The largest absolute Gasteiger partial charge is 0.464 e. The summed E-state index contributed by atoms with van der Waals surface area (Å²) in [5.74, 6) is 0.0144. The average Bonchev–Trinajstić information content (AvgIpc) is 2.74. The van der Waals surface area contributed by atoms with Crippen molar-refractivity contribution in [2.45, 2.75) is 53.2 Å². The van der Waals surface area contributed by atoms with Gasteiger partial charge in [-0.15, -0.1) is 0 Å². The van der Waals surface area contributed by atoms with E-state index in [-0.39, 0.29) is 17.5 Å². The minimum absolute atomic E-state index is 0.00364. The van der Waals surface area contributed by atoms with Crippen LogP contribution in [0.3, 0.4) is 0 Å². The fraction of sp³-hybridized carbons (Fsp3) is 0.667. The summed E-state index contributed by atoms with van der Waals surface area (Å²) in [5.41, 5.74) is -0.496. The number of aromatic nitrogens is 1. The molecule has 0 aromatic carbocycles. The highest BCUT2D eigenvalue weighted by molar-refractivity contribution is 5.88. The van der Waals surface area contributed by atoms with Gasteiger partial charge >= 0.3 is 12.1 Å². The van der Waals surface area contributed by atoms with Crippen molar-refractivity contribution in [3.8, 4) is 0 Å². The van der Waals surface area contributed by atoms with E-state index in [9.17, 15) is 9.59 Å². The maximum absolute atomic E-state index is 11.9. The summed E-state index contributed by atoms with van der Waals surface area (Å²) < 4.78 is 15.4. The van der Waals surface area contributed by atoms with Crippen molar-refractivity contribution >= 4 is 12.1 Å². The maximum atomic E-state index is 11.9. The Morgan fingerprint density at radius 2 is 1.86 bits per heavy atom. The van der Waals surface area contributed by atoms with E-state index < -0.39 is 23.7 Å². The van der Waals surface area contributed by atoms with Crippen molar-refractivity contribution in [2.24, 2.45) is 5.92 Å². The zero-order valence-corrected chi connectivity index (χ0v) is 14.1. The molecule has 0 fully saturated rings. The first kappa shape index (κ1) is 18.0. The van der Waals surface area contributed by atoms with Crippen LogP contribution in [0.25, 0.3) is 0 Å². The molecule has 1 aromatic rings. The van der Waals surface area contributed by atoms with Gasteiger partial charge in [-0.05, 0) is 33.6 Å². The number of hydrogen-bond acceptors (Lipinski definition) is 6. The SMILES string of the molecule is COC(=O)c1nc([C@@H](NC(=O)OC(C)(C)C)C(C)C)oc1C. The molecule has 1 atom stereocenters. The van der Waals surface area contributed by atoms with E-state index in [0.29, 0.717) is 5.76 Å². The van der Waals surface area contributed by atoms with E-state index in [4.69, 9.17) is 9.15 Å². The predicted molar refractivity (Wildman–Crippen MR) is 79.5 cm³/mol. The maximum Gasteiger partial charge on any atom is 0.408 e. The third-order valence-corrected chi connectivity index (χ3v) is 2.80. The lowest BCUT2D eigenvalue weighted by atomic mass is 10.0. The number of hydrogen-bond donors (Lipinski definition) is 1. The zero-order chi connectivity index (χ0) is 17.1. The molecule has 1 N–H and O–H groups in total. The molecular weight excluding hydrogens is 288 g/mol. The number of esters is 1. The monoisotopic (exact) mass is 312 g/mol. The van der Waals surface area contributed by atoms with Gasteiger partial charge in [0.05, 0.1) is 7.11 Å². The molecule has 1 heterocycles. The fourth-order valence-corrected chi connectivity index (χ4v) is 1.78. The summed E-state index contributed by atoms with van der Waals surface area (Å²) in [7, 11) is 1.27. The number of amides is 1. The van der Waals surface area contributed by atoms with Crippen LogP contribution in [0.15, 0.2) is 4.42 Å². The van der Waals surface area contributed by atoms with E-state index in [1.54, 1.807) is 27.7 Å². The van der Waals surface area contributed by atoms with Gasteiger partial charge in [-0.25, -0.2) is 14.6 Å². The Kier molecular flexibility index (Phi) is 5.57. The molecule has 124 valence electrons. The Balaban J connectivity index is 2.97. The Labute approximate surface area is 130 Å². The smallest absolute Gasteiger partial charge is 0.408 e. The van der Waals surface area contributed by atoms with Crippen molar-refractivity contribution in [3.05, 3.63) is 17.3 Å². The Bertz CT molecular complexity index is 543. The zero-order valence-electron chi connectivity index (χ0n) is 14.1. The second kappa shape index (κ2) is 6.81. The van der Waals surface area contributed by atoms with Crippen molar-refractivity contribution in [1.82, 2.24) is 10.3 Å². The number of ether oxygens (including phenoxy) is 2. The van der Waals surface area contributed by atoms with Crippen molar-refractivity contribution in [1.29, 1.82) is 0 Å². The molecule has 0 bridgehead atoms. The molecule has 0 aliphatic heterocycles. The molecule has 0 radical (unpaired) electrons. The third kappa shape index (κ3) is 4.75. The minimum atomic E-state index is -0.602. The van der Waals surface area contributed by atoms with Crippen LogP contribution in [-0.2, 0) is 9.47 Å². The number of oxazole rings is 1. The Morgan fingerprint density at radius 3 is 2.32 bits per heavy atom. The van der Waals surface area contributed by atoms with Crippen molar-refractivity contribution in [2.75, 3.05) is 7.11 Å². The average molecular weight is 312 g/mol. The molecule has 0 saturated heterocycles. The third-order valence-electron chi connectivity index (χ3n) is 2.80. The van der Waals surface area contributed by atoms with Gasteiger partial charge in [0.25, 0.3) is 0 Å². The van der Waals surface area contributed by atoms with Gasteiger partial charge in [-0.1, -0.05) is 13.8 Å². The number of rotatable bonds is 4. The molecule has 1 amide bonds. The quantitative estimate of drug-likeness (QED) is 0.859. The highest BCUT2D eigenvalue weighted by Crippen LogP contribution is 2.24. The topological polar surface area (TPSA) is 90.7 Å². The lowest BCUT2D eigenvalue weighted by Crippen LogP contribution is -2.37. The van der Waals surface area contributed by atoms with E-state index in [2.05, 4.69) is 15.0 Å². The first-order chi connectivity index (χ1) is 10.0. The first-order valence-electron chi connectivity index (χ1n) is 7.10. The first-order valence-corrected chi connectivity index (χ1v) is 7.10. The van der Waals surface area contributed by atoms with Gasteiger partial charge in [0.1, 0.15) is 17.4 Å². The molecule has 0 aliphatic carbocycles. The number of alkyl carbamates (subject to hydrolysis) is 1. The Hall–Kier alpha value is -2.05. The predicted octanol–water partition coefficient (Wildman–Crippen LogP) is 2.99. The number of nitrogens with one attached hydrogen (secondary N) is 1. The molecule has 0 aliphatic rings. The van der Waals surface area contributed by atoms with Crippen LogP contribution in [0.5, 0.6) is 0 Å². The molecule has 1 rings (SSSR count). The van der Waals surface area contributed by atoms with Crippen LogP contribution in [0.2, 0.25) is 0 Å². The number of carbonyl (C=O) groups excluding carboxylic acids is 2. The number of nitrogens with zero attached hydrogens (tertiary/aromatic N) is 1. The molecule has 22 heavy (non-hydrogen) atoms. The van der Waals surface area contributed by atoms with Crippen LogP contribution in [0, 0.1) is 12.8 Å². The normalized spacial score (nSPS) is 12.9. The number of aryl methyl sites for hydroxylation is 1. The minimum Gasteiger partial charge on any atom is -0.464 e.